The molecular formula is C13H13FN2O. The molecule has 0 amide bonds. The van der Waals surface area contributed by atoms with Crippen molar-refractivity contribution in [3.63, 3.8) is 0 Å². The lowest BCUT2D eigenvalue weighted by atomic mass is 10.1. The molecule has 1 aromatic heterocycles. The van der Waals surface area contributed by atoms with Crippen LogP contribution in [0, 0.1) is 5.82 Å². The Morgan fingerprint density at radius 3 is 2.53 bits per heavy atom. The lowest BCUT2D eigenvalue weighted by Crippen LogP contribution is -2.25. The molecule has 0 unspecified atom stereocenters. The minimum absolute atomic E-state index is 0.174. The van der Waals surface area contributed by atoms with Crippen LogP contribution in [-0.2, 0) is 0 Å². The van der Waals surface area contributed by atoms with Crippen molar-refractivity contribution in [1.29, 1.82) is 0 Å². The van der Waals surface area contributed by atoms with Crippen molar-refractivity contribution in [2.45, 2.75) is 13.0 Å². The maximum atomic E-state index is 12.8. The summed E-state index contributed by atoms with van der Waals surface area (Å²) in [5, 5.41) is 0. The first-order chi connectivity index (χ1) is 8.09. The summed E-state index contributed by atoms with van der Waals surface area (Å²) in [7, 11) is 0. The zero-order valence-electron chi connectivity index (χ0n) is 9.43. The fourth-order valence-corrected chi connectivity index (χ4v) is 1.73. The molecule has 0 spiro atoms. The van der Waals surface area contributed by atoms with Gasteiger partial charge in [0.25, 0.3) is 5.56 Å². The molecule has 2 N–H and O–H groups in total. The van der Waals surface area contributed by atoms with Gasteiger partial charge < -0.3 is 10.3 Å². The minimum atomic E-state index is -0.291. The number of anilines is 1. The zero-order chi connectivity index (χ0) is 12.4. The van der Waals surface area contributed by atoms with E-state index in [9.17, 15) is 9.18 Å². The third-order valence-electron chi connectivity index (χ3n) is 2.77. The molecule has 0 bridgehead atoms. The van der Waals surface area contributed by atoms with Crippen LogP contribution in [0.1, 0.15) is 18.5 Å². The summed E-state index contributed by atoms with van der Waals surface area (Å²) in [6.45, 7) is 1.87. The maximum absolute atomic E-state index is 12.8. The normalized spacial score (nSPS) is 12.4. The van der Waals surface area contributed by atoms with E-state index in [4.69, 9.17) is 5.73 Å². The van der Waals surface area contributed by atoms with E-state index in [0.29, 0.717) is 0 Å². The third-order valence-corrected chi connectivity index (χ3v) is 2.77. The Morgan fingerprint density at radius 2 is 1.88 bits per heavy atom. The van der Waals surface area contributed by atoms with Crippen LogP contribution in [0.25, 0.3) is 0 Å². The number of pyridine rings is 1. The van der Waals surface area contributed by atoms with Crippen LogP contribution in [-0.4, -0.2) is 4.57 Å². The summed E-state index contributed by atoms with van der Waals surface area (Å²) >= 11 is 0. The molecule has 1 aromatic carbocycles. The van der Waals surface area contributed by atoms with Crippen LogP contribution < -0.4 is 11.3 Å². The van der Waals surface area contributed by atoms with Crippen molar-refractivity contribution in [3.8, 4) is 0 Å². The number of rotatable bonds is 2. The first kappa shape index (κ1) is 11.4. The molecule has 0 aliphatic heterocycles. The van der Waals surface area contributed by atoms with Crippen molar-refractivity contribution in [2.75, 3.05) is 5.73 Å². The average molecular weight is 232 g/mol. The molecule has 0 saturated carbocycles. The summed E-state index contributed by atoms with van der Waals surface area (Å²) in [5.41, 5.74) is 6.41. The van der Waals surface area contributed by atoms with Gasteiger partial charge in [-0.15, -0.1) is 0 Å². The molecule has 0 radical (unpaired) electrons. The molecule has 17 heavy (non-hydrogen) atoms. The van der Waals surface area contributed by atoms with Gasteiger partial charge in [0.1, 0.15) is 5.82 Å². The van der Waals surface area contributed by atoms with Gasteiger partial charge in [-0.05, 0) is 36.8 Å². The van der Waals surface area contributed by atoms with Crippen LogP contribution in [0.5, 0.6) is 0 Å². The van der Waals surface area contributed by atoms with Gasteiger partial charge in [-0.25, -0.2) is 4.39 Å². The van der Waals surface area contributed by atoms with E-state index < -0.39 is 0 Å². The summed E-state index contributed by atoms with van der Waals surface area (Å²) in [5.74, 6) is -0.291. The quantitative estimate of drug-likeness (QED) is 0.862. The highest BCUT2D eigenvalue weighted by Crippen LogP contribution is 2.16. The topological polar surface area (TPSA) is 48.0 Å². The number of nitrogens with two attached hydrogens (primary N) is 1. The lowest BCUT2D eigenvalue weighted by molar-refractivity contribution is 0.605. The molecule has 0 aliphatic carbocycles. The fourth-order valence-electron chi connectivity index (χ4n) is 1.73. The van der Waals surface area contributed by atoms with Crippen LogP contribution in [0.3, 0.4) is 0 Å². The highest BCUT2D eigenvalue weighted by molar-refractivity contribution is 5.34. The smallest absolute Gasteiger partial charge is 0.274 e. The molecular weight excluding hydrogens is 219 g/mol. The zero-order valence-corrected chi connectivity index (χ0v) is 9.43. The summed E-state index contributed by atoms with van der Waals surface area (Å²) < 4.78 is 14.3. The summed E-state index contributed by atoms with van der Waals surface area (Å²) in [6.07, 6.45) is 1.67. The average Bonchev–Trinajstić information content (AvgIpc) is 2.33. The van der Waals surface area contributed by atoms with Gasteiger partial charge in [-0.2, -0.15) is 0 Å². The fraction of sp³-hybridized carbons (Fsp3) is 0.154. The van der Waals surface area contributed by atoms with Crippen LogP contribution in [0.2, 0.25) is 0 Å². The summed E-state index contributed by atoms with van der Waals surface area (Å²) in [6, 6.07) is 9.19. The number of aromatic nitrogens is 1. The monoisotopic (exact) mass is 232 g/mol. The van der Waals surface area contributed by atoms with Crippen molar-refractivity contribution >= 4 is 5.69 Å². The number of nitrogen functional groups attached to an aromatic ring is 1. The molecule has 0 fully saturated rings. The van der Waals surface area contributed by atoms with Gasteiger partial charge in [0.2, 0.25) is 0 Å². The standard InChI is InChI=1S/C13H13FN2O/c1-9(10-4-6-11(14)7-5-10)16-8-2-3-12(15)13(16)17/h2-9H,15H2,1H3/t9-/m1/s1. The number of halogens is 1. The van der Waals surface area contributed by atoms with E-state index in [-0.39, 0.29) is 23.1 Å². The lowest BCUT2D eigenvalue weighted by Gasteiger charge is -2.15. The predicted octanol–water partition coefficient (Wildman–Crippen LogP) is 2.18. The Morgan fingerprint density at radius 1 is 1.24 bits per heavy atom. The molecule has 0 saturated heterocycles. The van der Waals surface area contributed by atoms with E-state index in [0.717, 1.165) is 5.56 Å². The molecule has 1 atom stereocenters. The molecule has 2 aromatic rings. The van der Waals surface area contributed by atoms with Gasteiger partial charge in [-0.1, -0.05) is 12.1 Å². The van der Waals surface area contributed by atoms with Crippen molar-refractivity contribution in [3.05, 3.63) is 64.3 Å². The highest BCUT2D eigenvalue weighted by atomic mass is 19.1. The third kappa shape index (κ3) is 2.20. The minimum Gasteiger partial charge on any atom is -0.394 e. The first-order valence-electron chi connectivity index (χ1n) is 5.31. The SMILES string of the molecule is C[C@H](c1ccc(F)cc1)n1cccc(N)c1=O. The Kier molecular flexibility index (Phi) is 2.95. The van der Waals surface area contributed by atoms with Gasteiger partial charge in [-0.3, -0.25) is 4.79 Å². The van der Waals surface area contributed by atoms with E-state index in [1.807, 2.05) is 6.92 Å². The van der Waals surface area contributed by atoms with Crippen LogP contribution >= 0.6 is 0 Å². The van der Waals surface area contributed by atoms with E-state index in [1.165, 1.54) is 16.7 Å². The van der Waals surface area contributed by atoms with Gasteiger partial charge in [0.05, 0.1) is 11.7 Å². The second kappa shape index (κ2) is 4.41. The number of hydrogen-bond donors (Lipinski definition) is 1. The summed E-state index contributed by atoms with van der Waals surface area (Å²) in [4.78, 5) is 11.8. The second-order valence-electron chi connectivity index (χ2n) is 3.90. The highest BCUT2D eigenvalue weighted by Gasteiger charge is 2.10. The molecule has 2 rings (SSSR count). The largest absolute Gasteiger partial charge is 0.394 e. The molecule has 3 nitrogen and oxygen atoms in total. The van der Waals surface area contributed by atoms with E-state index in [2.05, 4.69) is 0 Å². The molecule has 4 heteroatoms. The number of benzene rings is 1. The predicted molar refractivity (Wildman–Crippen MR) is 65.3 cm³/mol. The molecule has 0 aliphatic rings. The molecule has 88 valence electrons. The maximum Gasteiger partial charge on any atom is 0.274 e. The first-order valence-corrected chi connectivity index (χ1v) is 5.31. The molecule has 1 heterocycles. The van der Waals surface area contributed by atoms with Crippen molar-refractivity contribution in [2.24, 2.45) is 0 Å². The Bertz CT molecular complexity index is 575. The van der Waals surface area contributed by atoms with Gasteiger partial charge in [0.15, 0.2) is 0 Å². The van der Waals surface area contributed by atoms with E-state index >= 15 is 0 Å². The van der Waals surface area contributed by atoms with Gasteiger partial charge in [0, 0.05) is 6.20 Å². The number of nitrogens with zero attached hydrogens (tertiary/aromatic N) is 1. The van der Waals surface area contributed by atoms with Gasteiger partial charge >= 0.3 is 0 Å². The van der Waals surface area contributed by atoms with E-state index in [1.54, 1.807) is 30.5 Å². The Hall–Kier alpha value is -2.10. The van der Waals surface area contributed by atoms with Crippen molar-refractivity contribution < 1.29 is 4.39 Å². The second-order valence-corrected chi connectivity index (χ2v) is 3.90. The van der Waals surface area contributed by atoms with Crippen LogP contribution in [0.15, 0.2) is 47.4 Å². The van der Waals surface area contributed by atoms with Crippen molar-refractivity contribution in [1.82, 2.24) is 4.57 Å². The number of hydrogen-bond acceptors (Lipinski definition) is 2. The Labute approximate surface area is 98.3 Å². The Balaban J connectivity index is 2.44. The van der Waals surface area contributed by atoms with Crippen LogP contribution in [0.4, 0.5) is 10.1 Å².